The zero-order chi connectivity index (χ0) is 21.4. The van der Waals surface area contributed by atoms with E-state index in [4.69, 9.17) is 0 Å². The van der Waals surface area contributed by atoms with Crippen LogP contribution in [0, 0.1) is 5.92 Å². The number of phenols is 1. The van der Waals surface area contributed by atoms with Crippen molar-refractivity contribution in [2.24, 2.45) is 5.92 Å². The van der Waals surface area contributed by atoms with Crippen molar-refractivity contribution in [2.45, 2.75) is 12.8 Å². The number of carbonyl (C=O) groups excluding carboxylic acids is 4. The molecule has 4 rings (SSSR count). The third-order valence-corrected chi connectivity index (χ3v) is 5.65. The average molecular weight is 407 g/mol. The number of anilines is 1. The van der Waals surface area contributed by atoms with Gasteiger partial charge in [-0.25, -0.2) is 4.79 Å². The fourth-order valence-corrected chi connectivity index (χ4v) is 3.85. The molecule has 4 amide bonds. The summed E-state index contributed by atoms with van der Waals surface area (Å²) in [5.74, 6) is -0.783. The third-order valence-electron chi connectivity index (χ3n) is 5.65. The van der Waals surface area contributed by atoms with Gasteiger partial charge in [-0.15, -0.1) is 0 Å². The number of piperidine rings is 1. The van der Waals surface area contributed by atoms with Crippen molar-refractivity contribution in [2.75, 3.05) is 25.5 Å². The Morgan fingerprint density at radius 2 is 1.60 bits per heavy atom. The van der Waals surface area contributed by atoms with Gasteiger partial charge in [0.05, 0.1) is 11.1 Å². The maximum atomic E-state index is 12.6. The Balaban J connectivity index is 1.36. The Hall–Kier alpha value is -3.68. The standard InChI is InChI=1S/C22H21N3O5/c1-24-20(28)17-7-4-15(12-18(17)21(24)29)23-22(30)25-10-8-14(9-11-25)19(27)13-2-5-16(26)6-3-13/h2-7,12,14,26H,8-11H2,1H3,(H,23,30). The van der Waals surface area contributed by atoms with Crippen LogP contribution in [0.25, 0.3) is 0 Å². The van der Waals surface area contributed by atoms with Gasteiger partial charge in [0.1, 0.15) is 5.75 Å². The Kier molecular flexibility index (Phi) is 4.99. The number of benzene rings is 2. The molecular formula is C22H21N3O5. The highest BCUT2D eigenvalue weighted by Crippen LogP contribution is 2.26. The summed E-state index contributed by atoms with van der Waals surface area (Å²) >= 11 is 0. The minimum atomic E-state index is -0.389. The molecule has 1 saturated heterocycles. The van der Waals surface area contributed by atoms with Gasteiger partial charge in [-0.2, -0.15) is 0 Å². The second-order valence-corrected chi connectivity index (χ2v) is 7.53. The van der Waals surface area contributed by atoms with E-state index in [0.717, 1.165) is 4.90 Å². The summed E-state index contributed by atoms with van der Waals surface area (Å²) in [7, 11) is 1.42. The lowest BCUT2D eigenvalue weighted by Gasteiger charge is -2.31. The van der Waals surface area contributed by atoms with Crippen molar-refractivity contribution in [1.29, 1.82) is 0 Å². The molecule has 8 heteroatoms. The predicted molar refractivity (Wildman–Crippen MR) is 109 cm³/mol. The van der Waals surface area contributed by atoms with Crippen LogP contribution in [-0.4, -0.2) is 58.7 Å². The molecule has 1 fully saturated rings. The van der Waals surface area contributed by atoms with Gasteiger partial charge in [-0.1, -0.05) is 0 Å². The van der Waals surface area contributed by atoms with Gasteiger partial charge >= 0.3 is 6.03 Å². The second kappa shape index (κ2) is 7.62. The van der Waals surface area contributed by atoms with E-state index in [9.17, 15) is 24.3 Å². The molecule has 8 nitrogen and oxygen atoms in total. The summed E-state index contributed by atoms with van der Waals surface area (Å²) in [5.41, 5.74) is 1.60. The van der Waals surface area contributed by atoms with Crippen molar-refractivity contribution in [3.8, 4) is 5.75 Å². The van der Waals surface area contributed by atoms with E-state index in [1.54, 1.807) is 23.1 Å². The van der Waals surface area contributed by atoms with E-state index >= 15 is 0 Å². The Morgan fingerprint density at radius 3 is 2.27 bits per heavy atom. The molecule has 0 aliphatic carbocycles. The van der Waals surface area contributed by atoms with Gasteiger partial charge in [0.15, 0.2) is 5.78 Å². The molecule has 2 aliphatic rings. The molecule has 0 bridgehead atoms. The zero-order valence-electron chi connectivity index (χ0n) is 16.4. The third kappa shape index (κ3) is 3.52. The van der Waals surface area contributed by atoms with Gasteiger partial charge in [-0.05, 0) is 55.3 Å². The molecule has 2 aliphatic heterocycles. The molecule has 2 aromatic carbocycles. The van der Waals surface area contributed by atoms with E-state index in [2.05, 4.69) is 5.32 Å². The highest BCUT2D eigenvalue weighted by Gasteiger charge is 2.33. The van der Waals surface area contributed by atoms with Crippen LogP contribution < -0.4 is 5.32 Å². The number of amides is 4. The van der Waals surface area contributed by atoms with E-state index < -0.39 is 0 Å². The predicted octanol–water partition coefficient (Wildman–Crippen LogP) is 2.74. The zero-order valence-corrected chi connectivity index (χ0v) is 16.4. The van der Waals surface area contributed by atoms with Crippen LogP contribution >= 0.6 is 0 Å². The summed E-state index contributed by atoms with van der Waals surface area (Å²) < 4.78 is 0. The summed E-state index contributed by atoms with van der Waals surface area (Å²) in [6.07, 6.45) is 1.10. The molecule has 154 valence electrons. The van der Waals surface area contributed by atoms with Crippen LogP contribution in [0.5, 0.6) is 5.75 Å². The number of aromatic hydroxyl groups is 1. The van der Waals surface area contributed by atoms with Crippen LogP contribution in [0.2, 0.25) is 0 Å². The van der Waals surface area contributed by atoms with Gasteiger partial charge in [-0.3, -0.25) is 19.3 Å². The van der Waals surface area contributed by atoms with Crippen molar-refractivity contribution < 1.29 is 24.3 Å². The quantitative estimate of drug-likeness (QED) is 0.601. The molecule has 0 atom stereocenters. The number of imide groups is 1. The summed E-state index contributed by atoms with van der Waals surface area (Å²) in [6.45, 7) is 0.872. The highest BCUT2D eigenvalue weighted by molar-refractivity contribution is 6.21. The normalized spacial score (nSPS) is 16.6. The maximum Gasteiger partial charge on any atom is 0.321 e. The van der Waals surface area contributed by atoms with Gasteiger partial charge in [0.2, 0.25) is 0 Å². The number of phenolic OH excluding ortho intramolecular Hbond substituents is 1. The van der Waals surface area contributed by atoms with Crippen LogP contribution in [0.15, 0.2) is 42.5 Å². The molecule has 0 unspecified atom stereocenters. The molecule has 0 aromatic heterocycles. The minimum absolute atomic E-state index is 0.0148. The Labute approximate surface area is 173 Å². The molecular weight excluding hydrogens is 386 g/mol. The summed E-state index contributed by atoms with van der Waals surface area (Å²) in [5, 5.41) is 12.1. The molecule has 2 N–H and O–H groups in total. The smallest absolute Gasteiger partial charge is 0.321 e. The summed E-state index contributed by atoms with van der Waals surface area (Å²) in [4.78, 5) is 52.0. The lowest BCUT2D eigenvalue weighted by molar-refractivity contribution is 0.0692. The first-order chi connectivity index (χ1) is 14.3. The van der Waals surface area contributed by atoms with Crippen LogP contribution in [0.1, 0.15) is 43.9 Å². The number of rotatable bonds is 3. The second-order valence-electron chi connectivity index (χ2n) is 7.53. The lowest BCUT2D eigenvalue weighted by atomic mass is 9.89. The van der Waals surface area contributed by atoms with Gasteiger partial charge in [0, 0.05) is 37.3 Å². The van der Waals surface area contributed by atoms with Crippen LogP contribution in [-0.2, 0) is 0 Å². The van der Waals surface area contributed by atoms with Gasteiger partial charge < -0.3 is 15.3 Å². The number of ketones is 1. The number of Topliss-reactive ketones (excluding diaryl/α,β-unsaturated/α-hetero) is 1. The fourth-order valence-electron chi connectivity index (χ4n) is 3.85. The lowest BCUT2D eigenvalue weighted by Crippen LogP contribution is -2.42. The molecule has 2 aromatic rings. The highest BCUT2D eigenvalue weighted by atomic mass is 16.3. The maximum absolute atomic E-state index is 12.6. The number of carbonyl (C=O) groups is 4. The number of fused-ring (bicyclic) bond motifs is 1. The van der Waals surface area contributed by atoms with Crippen LogP contribution in [0.3, 0.4) is 0 Å². The van der Waals surface area contributed by atoms with Crippen molar-refractivity contribution in [1.82, 2.24) is 9.80 Å². The van der Waals surface area contributed by atoms with E-state index in [0.29, 0.717) is 42.7 Å². The Morgan fingerprint density at radius 1 is 0.967 bits per heavy atom. The number of nitrogens with one attached hydrogen (secondary N) is 1. The number of nitrogens with zero attached hydrogens (tertiary/aromatic N) is 2. The summed E-state index contributed by atoms with van der Waals surface area (Å²) in [6, 6.07) is 10.5. The number of urea groups is 1. The first-order valence-corrected chi connectivity index (χ1v) is 9.71. The average Bonchev–Trinajstić information content (AvgIpc) is 2.97. The van der Waals surface area contributed by atoms with E-state index in [1.165, 1.54) is 31.3 Å². The van der Waals surface area contributed by atoms with Gasteiger partial charge in [0.25, 0.3) is 11.8 Å². The topological polar surface area (TPSA) is 107 Å². The SMILES string of the molecule is CN1C(=O)c2ccc(NC(=O)N3CCC(C(=O)c4ccc(O)cc4)CC3)cc2C1=O. The van der Waals surface area contributed by atoms with E-state index in [1.807, 2.05) is 0 Å². The van der Waals surface area contributed by atoms with Crippen molar-refractivity contribution in [3.63, 3.8) is 0 Å². The first kappa shape index (κ1) is 19.6. The van der Waals surface area contributed by atoms with Crippen molar-refractivity contribution >= 4 is 29.3 Å². The molecule has 2 heterocycles. The monoisotopic (exact) mass is 407 g/mol. The molecule has 0 saturated carbocycles. The van der Waals surface area contributed by atoms with Crippen molar-refractivity contribution in [3.05, 3.63) is 59.2 Å². The van der Waals surface area contributed by atoms with E-state index in [-0.39, 0.29) is 40.9 Å². The fraction of sp³-hybridized carbons (Fsp3) is 0.273. The molecule has 30 heavy (non-hydrogen) atoms. The molecule has 0 radical (unpaired) electrons. The molecule has 0 spiro atoms. The number of hydrogen-bond donors (Lipinski definition) is 2. The largest absolute Gasteiger partial charge is 0.508 e. The Bertz CT molecular complexity index is 1040. The number of likely N-dealkylation sites (tertiary alicyclic amines) is 1. The number of hydrogen-bond acceptors (Lipinski definition) is 5. The first-order valence-electron chi connectivity index (χ1n) is 9.71. The minimum Gasteiger partial charge on any atom is -0.508 e. The van der Waals surface area contributed by atoms with Crippen LogP contribution in [0.4, 0.5) is 10.5 Å².